The summed E-state index contributed by atoms with van der Waals surface area (Å²) in [4.78, 5) is 33.5. The van der Waals surface area contributed by atoms with Crippen molar-refractivity contribution in [2.24, 2.45) is 0 Å². The Bertz CT molecular complexity index is 1130. The molecule has 0 unspecified atom stereocenters. The molecular weight excluding hydrogens is 434 g/mol. The molecule has 2 aromatic carbocycles. The van der Waals surface area contributed by atoms with Crippen molar-refractivity contribution in [3.8, 4) is 11.5 Å². The molecule has 4 rings (SSSR count). The lowest BCUT2D eigenvalue weighted by molar-refractivity contribution is 0.0746. The van der Waals surface area contributed by atoms with Gasteiger partial charge in [-0.2, -0.15) is 0 Å². The minimum atomic E-state index is -0.367. The lowest BCUT2D eigenvalue weighted by Crippen LogP contribution is -2.49. The minimum absolute atomic E-state index is 0.0110. The van der Waals surface area contributed by atoms with E-state index in [-0.39, 0.29) is 11.9 Å². The van der Waals surface area contributed by atoms with Crippen LogP contribution in [0.1, 0.15) is 10.4 Å². The molecule has 9 heteroatoms. The maximum Gasteiger partial charge on any atom is 0.323 e. The third kappa shape index (κ3) is 5.55. The Morgan fingerprint density at radius 3 is 2.18 bits per heavy atom. The SMILES string of the molecule is COc1ccc(C(=O)N2CCN(c3ccc(NC(=O)Nc4cccc(OC)c4)cn3)CC2)cc1. The first-order chi connectivity index (χ1) is 16.6. The topological polar surface area (TPSA) is 96.0 Å². The van der Waals surface area contributed by atoms with Crippen LogP contribution < -0.4 is 25.0 Å². The van der Waals surface area contributed by atoms with E-state index in [1.54, 1.807) is 68.9 Å². The molecule has 3 amide bonds. The van der Waals surface area contributed by atoms with Gasteiger partial charge in [0.05, 0.1) is 26.1 Å². The molecule has 3 aromatic rings. The van der Waals surface area contributed by atoms with Crippen molar-refractivity contribution < 1.29 is 19.1 Å². The predicted octanol–water partition coefficient (Wildman–Crippen LogP) is 3.71. The molecule has 1 saturated heterocycles. The van der Waals surface area contributed by atoms with Crippen molar-refractivity contribution in [1.82, 2.24) is 9.88 Å². The van der Waals surface area contributed by atoms with E-state index in [2.05, 4.69) is 20.5 Å². The van der Waals surface area contributed by atoms with Gasteiger partial charge in [-0.05, 0) is 48.5 Å². The number of pyridine rings is 1. The summed E-state index contributed by atoms with van der Waals surface area (Å²) in [5, 5.41) is 5.54. The Hall–Kier alpha value is -4.27. The number of amides is 3. The van der Waals surface area contributed by atoms with Crippen molar-refractivity contribution in [3.05, 3.63) is 72.4 Å². The maximum absolute atomic E-state index is 12.8. The van der Waals surface area contributed by atoms with Crippen LogP contribution in [0.25, 0.3) is 0 Å². The number of piperazine rings is 1. The number of rotatable bonds is 6. The average Bonchev–Trinajstić information content (AvgIpc) is 2.89. The molecule has 1 fully saturated rings. The highest BCUT2D eigenvalue weighted by molar-refractivity contribution is 5.99. The molecule has 0 aliphatic carbocycles. The Kier molecular flexibility index (Phi) is 7.12. The zero-order valence-corrected chi connectivity index (χ0v) is 19.2. The van der Waals surface area contributed by atoms with Gasteiger partial charge in [0.1, 0.15) is 17.3 Å². The van der Waals surface area contributed by atoms with Crippen LogP contribution in [-0.4, -0.2) is 62.2 Å². The number of ether oxygens (including phenoxy) is 2. The Morgan fingerprint density at radius 2 is 1.53 bits per heavy atom. The summed E-state index contributed by atoms with van der Waals surface area (Å²) >= 11 is 0. The molecule has 0 spiro atoms. The number of nitrogens with one attached hydrogen (secondary N) is 2. The number of nitrogens with zero attached hydrogens (tertiary/aromatic N) is 3. The van der Waals surface area contributed by atoms with Crippen LogP contribution in [0.3, 0.4) is 0 Å². The highest BCUT2D eigenvalue weighted by Gasteiger charge is 2.23. The summed E-state index contributed by atoms with van der Waals surface area (Å²) in [6, 6.07) is 17.6. The summed E-state index contributed by atoms with van der Waals surface area (Å²) in [5.74, 6) is 2.20. The van der Waals surface area contributed by atoms with E-state index >= 15 is 0 Å². The summed E-state index contributed by atoms with van der Waals surface area (Å²) in [5.41, 5.74) is 1.86. The smallest absolute Gasteiger partial charge is 0.323 e. The van der Waals surface area contributed by atoms with Gasteiger partial charge in [-0.3, -0.25) is 4.79 Å². The monoisotopic (exact) mass is 461 g/mol. The standard InChI is InChI=1S/C25H27N5O4/c1-33-21-9-6-18(7-10-21)24(31)30-14-12-29(13-15-30)23-11-8-20(17-26-23)28-25(32)27-19-4-3-5-22(16-19)34-2/h3-11,16-17H,12-15H2,1-2H3,(H2,27,28,32). The summed E-state index contributed by atoms with van der Waals surface area (Å²) < 4.78 is 10.3. The number of benzene rings is 2. The van der Waals surface area contributed by atoms with Crippen LogP contribution in [0.4, 0.5) is 22.0 Å². The summed E-state index contributed by atoms with van der Waals surface area (Å²) in [6.07, 6.45) is 1.62. The zero-order valence-electron chi connectivity index (χ0n) is 19.2. The predicted molar refractivity (Wildman–Crippen MR) is 131 cm³/mol. The van der Waals surface area contributed by atoms with Gasteiger partial charge in [-0.1, -0.05) is 6.07 Å². The van der Waals surface area contributed by atoms with Crippen molar-refractivity contribution in [2.75, 3.05) is 55.9 Å². The average molecular weight is 462 g/mol. The molecular formula is C25H27N5O4. The van der Waals surface area contributed by atoms with Gasteiger partial charge in [0.25, 0.3) is 5.91 Å². The van der Waals surface area contributed by atoms with Gasteiger partial charge in [-0.25, -0.2) is 9.78 Å². The van der Waals surface area contributed by atoms with E-state index < -0.39 is 0 Å². The fourth-order valence-corrected chi connectivity index (χ4v) is 3.70. The Morgan fingerprint density at radius 1 is 0.824 bits per heavy atom. The molecule has 2 heterocycles. The molecule has 1 aliphatic rings. The number of methoxy groups -OCH3 is 2. The van der Waals surface area contributed by atoms with Crippen molar-refractivity contribution >= 4 is 29.1 Å². The van der Waals surface area contributed by atoms with E-state index in [4.69, 9.17) is 9.47 Å². The lowest BCUT2D eigenvalue weighted by Gasteiger charge is -2.35. The third-order valence-corrected chi connectivity index (χ3v) is 5.56. The summed E-state index contributed by atoms with van der Waals surface area (Å²) in [7, 11) is 3.18. The van der Waals surface area contributed by atoms with Crippen LogP contribution in [0.2, 0.25) is 0 Å². The minimum Gasteiger partial charge on any atom is -0.497 e. The first-order valence-corrected chi connectivity index (χ1v) is 10.9. The molecule has 0 atom stereocenters. The third-order valence-electron chi connectivity index (χ3n) is 5.56. The van der Waals surface area contributed by atoms with Crippen molar-refractivity contribution in [1.29, 1.82) is 0 Å². The molecule has 0 bridgehead atoms. The van der Waals surface area contributed by atoms with Crippen molar-refractivity contribution in [3.63, 3.8) is 0 Å². The van der Waals surface area contributed by atoms with Crippen molar-refractivity contribution in [2.45, 2.75) is 0 Å². The zero-order chi connectivity index (χ0) is 23.9. The molecule has 0 radical (unpaired) electrons. The van der Waals surface area contributed by atoms with Gasteiger partial charge in [0.15, 0.2) is 0 Å². The molecule has 1 aliphatic heterocycles. The summed E-state index contributed by atoms with van der Waals surface area (Å²) in [6.45, 7) is 2.57. The van der Waals surface area contributed by atoms with Gasteiger partial charge in [0, 0.05) is 43.5 Å². The van der Waals surface area contributed by atoms with Gasteiger partial charge < -0.3 is 29.9 Å². The highest BCUT2D eigenvalue weighted by atomic mass is 16.5. The second-order valence-corrected chi connectivity index (χ2v) is 7.72. The van der Waals surface area contributed by atoms with Crippen LogP contribution in [0.5, 0.6) is 11.5 Å². The van der Waals surface area contributed by atoms with Gasteiger partial charge in [-0.15, -0.1) is 0 Å². The van der Waals surface area contributed by atoms with E-state index in [0.717, 1.165) is 11.6 Å². The quantitative estimate of drug-likeness (QED) is 0.581. The van der Waals surface area contributed by atoms with Crippen LogP contribution in [0.15, 0.2) is 66.9 Å². The Labute approximate surface area is 198 Å². The largest absolute Gasteiger partial charge is 0.497 e. The molecule has 9 nitrogen and oxygen atoms in total. The normalized spacial score (nSPS) is 13.2. The number of anilines is 3. The lowest BCUT2D eigenvalue weighted by atomic mass is 10.1. The van der Waals surface area contributed by atoms with E-state index in [1.807, 2.05) is 17.0 Å². The Balaban J connectivity index is 1.28. The number of urea groups is 1. The number of carbonyl (C=O) groups excluding carboxylic acids is 2. The molecule has 0 saturated carbocycles. The van der Waals surface area contributed by atoms with Crippen LogP contribution >= 0.6 is 0 Å². The van der Waals surface area contributed by atoms with E-state index in [0.29, 0.717) is 48.9 Å². The fraction of sp³-hybridized carbons (Fsp3) is 0.240. The number of carbonyl (C=O) groups is 2. The number of aromatic nitrogens is 1. The fourth-order valence-electron chi connectivity index (χ4n) is 3.70. The first-order valence-electron chi connectivity index (χ1n) is 10.9. The van der Waals surface area contributed by atoms with Crippen LogP contribution in [0, 0.1) is 0 Å². The highest BCUT2D eigenvalue weighted by Crippen LogP contribution is 2.20. The van der Waals surface area contributed by atoms with Gasteiger partial charge in [0.2, 0.25) is 0 Å². The molecule has 2 N–H and O–H groups in total. The number of hydrogen-bond acceptors (Lipinski definition) is 6. The molecule has 34 heavy (non-hydrogen) atoms. The second-order valence-electron chi connectivity index (χ2n) is 7.72. The molecule has 176 valence electrons. The second kappa shape index (κ2) is 10.6. The van der Waals surface area contributed by atoms with Crippen LogP contribution in [-0.2, 0) is 0 Å². The van der Waals surface area contributed by atoms with E-state index in [9.17, 15) is 9.59 Å². The number of hydrogen-bond donors (Lipinski definition) is 2. The maximum atomic E-state index is 12.8. The van der Waals surface area contributed by atoms with E-state index in [1.165, 1.54) is 0 Å². The first kappa shape index (κ1) is 22.9. The van der Waals surface area contributed by atoms with Gasteiger partial charge >= 0.3 is 6.03 Å². The molecule has 1 aromatic heterocycles.